The molecular formula is C47H58O22. The molecule has 1 saturated carbocycles. The Morgan fingerprint density at radius 2 is 1.52 bits per heavy atom. The van der Waals surface area contributed by atoms with Crippen LogP contribution in [0.3, 0.4) is 0 Å². The number of carboxylic acid groups (broad SMARTS) is 1. The number of carbonyl (C=O) groups excluding carboxylic acids is 3. The van der Waals surface area contributed by atoms with E-state index in [1.165, 1.54) is 56.4 Å². The Labute approximate surface area is 395 Å². The van der Waals surface area contributed by atoms with Crippen LogP contribution >= 0.6 is 0 Å². The number of aliphatic carboxylic acids is 1. The highest BCUT2D eigenvalue weighted by molar-refractivity contribution is 5.89. The lowest BCUT2D eigenvalue weighted by Gasteiger charge is -2.44. The van der Waals surface area contributed by atoms with E-state index in [4.69, 9.17) is 33.2 Å². The molecule has 4 rings (SSSR count). The summed E-state index contributed by atoms with van der Waals surface area (Å²) in [4.78, 5) is 50.4. The van der Waals surface area contributed by atoms with E-state index in [1.54, 1.807) is 56.4 Å². The summed E-state index contributed by atoms with van der Waals surface area (Å²) >= 11 is 0. The lowest BCUT2D eigenvalue weighted by atomic mass is 9.79. The summed E-state index contributed by atoms with van der Waals surface area (Å²) in [5.74, 6) is -5.51. The number of aliphatic hydroxyl groups is 8. The standard InChI is InChI=1S/C47H58O22/c1-24(11-7-13-26(3)42(58)69-44-39(55)38(54)37(53)35(67-44)23-63-45(41(56)57)66-34(22-48)27(4)49)9-5-6-10-25(2)12-8-14-31-43(59)68-40-32(64-31)20-47(62,46(60)61)21-33(40)65-36(52)18-16-28-15-17-29(50)30(51)19-28/h5-19,27,32-35,37-41,44-45,48-51,53-57,62H,20-23H2,1-4H3,(H,60,61)/b6-5+,11-7+,12-8+,18-16+,24-9+,25-10-,26-13+,31-14-/t27-,32-,33+,34?,35?,37?,38?,39?,40+,44?,45?,47+/m0/s1. The molecule has 1 aliphatic carbocycles. The van der Waals surface area contributed by atoms with Gasteiger partial charge in [-0.05, 0) is 57.5 Å². The third kappa shape index (κ3) is 16.0. The van der Waals surface area contributed by atoms with Gasteiger partial charge >= 0.3 is 23.9 Å². The first kappa shape index (κ1) is 55.6. The number of rotatable bonds is 20. The predicted octanol–water partition coefficient (Wildman–Crippen LogP) is 0.0968. The van der Waals surface area contributed by atoms with E-state index in [9.17, 15) is 75.3 Å². The molecule has 0 amide bonds. The van der Waals surface area contributed by atoms with Crippen molar-refractivity contribution in [2.45, 2.75) is 120 Å². The number of fused-ring (bicyclic) bond motifs is 1. The van der Waals surface area contributed by atoms with Crippen LogP contribution in [0.5, 0.6) is 11.5 Å². The smallest absolute Gasteiger partial charge is 0.374 e. The molecule has 0 bridgehead atoms. The Balaban J connectivity index is 1.29. The zero-order chi connectivity index (χ0) is 51.2. The maximum atomic E-state index is 12.9. The van der Waals surface area contributed by atoms with Crippen molar-refractivity contribution in [3.8, 4) is 11.5 Å². The Kier molecular flexibility index (Phi) is 20.6. The number of phenolic OH excluding ortho intramolecular Hbond substituents is 2. The van der Waals surface area contributed by atoms with E-state index in [0.717, 1.165) is 17.2 Å². The third-order valence-electron chi connectivity index (χ3n) is 10.7. The van der Waals surface area contributed by atoms with Crippen LogP contribution in [0, 0.1) is 0 Å². The molecule has 69 heavy (non-hydrogen) atoms. The predicted molar refractivity (Wildman–Crippen MR) is 236 cm³/mol. The monoisotopic (exact) mass is 974 g/mol. The minimum absolute atomic E-state index is 0.0571. The molecule has 3 fully saturated rings. The molecule has 11 N–H and O–H groups in total. The van der Waals surface area contributed by atoms with Crippen LogP contribution in [0.25, 0.3) is 6.08 Å². The second-order valence-electron chi connectivity index (χ2n) is 16.3. The van der Waals surface area contributed by atoms with Gasteiger partial charge in [0.1, 0.15) is 42.7 Å². The largest absolute Gasteiger partial charge is 0.504 e. The minimum atomic E-state index is -2.38. The fraction of sp³-hybridized carbons (Fsp3) is 0.447. The second-order valence-corrected chi connectivity index (χ2v) is 16.3. The molecular weight excluding hydrogens is 916 g/mol. The van der Waals surface area contributed by atoms with Gasteiger partial charge in [0.15, 0.2) is 23.2 Å². The van der Waals surface area contributed by atoms with Crippen molar-refractivity contribution < 1.29 is 109 Å². The van der Waals surface area contributed by atoms with Gasteiger partial charge in [0.2, 0.25) is 24.6 Å². The second kappa shape index (κ2) is 25.5. The van der Waals surface area contributed by atoms with Crippen LogP contribution in [0.4, 0.5) is 0 Å². The molecule has 1 aromatic rings. The van der Waals surface area contributed by atoms with Gasteiger partial charge in [-0.15, -0.1) is 0 Å². The molecule has 1 aromatic carbocycles. The fourth-order valence-electron chi connectivity index (χ4n) is 6.70. The van der Waals surface area contributed by atoms with Crippen LogP contribution in [0.2, 0.25) is 0 Å². The maximum Gasteiger partial charge on any atom is 0.374 e. The molecule has 7 unspecified atom stereocenters. The van der Waals surface area contributed by atoms with Crippen molar-refractivity contribution in [3.63, 3.8) is 0 Å². The number of ether oxygens (including phenoxy) is 7. The fourth-order valence-corrected chi connectivity index (χ4v) is 6.70. The van der Waals surface area contributed by atoms with Gasteiger partial charge in [-0.2, -0.15) is 0 Å². The van der Waals surface area contributed by atoms with Crippen molar-refractivity contribution in [2.24, 2.45) is 0 Å². The van der Waals surface area contributed by atoms with Crippen LogP contribution in [0.1, 0.15) is 46.1 Å². The summed E-state index contributed by atoms with van der Waals surface area (Å²) in [6.45, 7) is 4.86. The highest BCUT2D eigenvalue weighted by Crippen LogP contribution is 2.38. The molecule has 378 valence electrons. The summed E-state index contributed by atoms with van der Waals surface area (Å²) < 4.78 is 37.8. The van der Waals surface area contributed by atoms with Crippen molar-refractivity contribution in [2.75, 3.05) is 13.2 Å². The van der Waals surface area contributed by atoms with Crippen molar-refractivity contribution in [3.05, 3.63) is 113 Å². The number of phenols is 2. The first-order chi connectivity index (χ1) is 32.5. The zero-order valence-corrected chi connectivity index (χ0v) is 37.8. The molecule has 2 aliphatic heterocycles. The molecule has 0 aromatic heterocycles. The highest BCUT2D eigenvalue weighted by Gasteiger charge is 2.56. The number of hydrogen-bond acceptors (Lipinski definition) is 21. The highest BCUT2D eigenvalue weighted by atomic mass is 16.7. The third-order valence-corrected chi connectivity index (χ3v) is 10.7. The Hall–Kier alpha value is -6.02. The number of esters is 3. The molecule has 0 spiro atoms. The number of carboxylic acids is 1. The minimum Gasteiger partial charge on any atom is -0.504 e. The van der Waals surface area contributed by atoms with Crippen molar-refractivity contribution in [1.82, 2.24) is 0 Å². The van der Waals surface area contributed by atoms with Crippen LogP contribution in [-0.4, -0.2) is 173 Å². The van der Waals surface area contributed by atoms with Crippen LogP contribution < -0.4 is 0 Å². The first-order valence-corrected chi connectivity index (χ1v) is 21.4. The lowest BCUT2D eigenvalue weighted by Crippen LogP contribution is -2.60. The molecule has 22 nitrogen and oxygen atoms in total. The van der Waals surface area contributed by atoms with Gasteiger partial charge < -0.3 is 89.3 Å². The van der Waals surface area contributed by atoms with Gasteiger partial charge in [0.25, 0.3) is 0 Å². The number of aromatic hydroxyl groups is 2. The zero-order valence-electron chi connectivity index (χ0n) is 37.8. The van der Waals surface area contributed by atoms with Crippen molar-refractivity contribution >= 4 is 30.0 Å². The first-order valence-electron chi connectivity index (χ1n) is 21.4. The maximum absolute atomic E-state index is 12.9. The van der Waals surface area contributed by atoms with E-state index in [1.807, 2.05) is 0 Å². The number of hydrogen-bond donors (Lipinski definition) is 11. The van der Waals surface area contributed by atoms with Gasteiger partial charge in [-0.3, -0.25) is 0 Å². The number of aliphatic hydroxyl groups excluding tert-OH is 6. The molecule has 2 saturated heterocycles. The van der Waals surface area contributed by atoms with Gasteiger partial charge in [0.05, 0.1) is 19.3 Å². The average Bonchev–Trinajstić information content (AvgIpc) is 3.28. The normalized spacial score (nSPS) is 29.0. The van der Waals surface area contributed by atoms with Gasteiger partial charge in [-0.25, -0.2) is 19.2 Å². The number of carbonyl (C=O) groups is 4. The SMILES string of the molecule is CC(=C/C=C/C=C(C)/C=C/C=C(\C)C(=O)OC1OC(COC(OC(CO)[C@H](C)O)C(O)O)C(O)C(O)C1O)/C=C/C=C1\O[C@H]2C[C@](O)(C(=O)O)C[C@@H](OC(=O)/C=C/c3ccc(O)c(O)c3)[C@@H]2OC1=O. The van der Waals surface area contributed by atoms with E-state index in [2.05, 4.69) is 0 Å². The summed E-state index contributed by atoms with van der Waals surface area (Å²) in [5.41, 5.74) is -0.520. The quantitative estimate of drug-likeness (QED) is 0.0206. The summed E-state index contributed by atoms with van der Waals surface area (Å²) in [6, 6.07) is 3.80. The van der Waals surface area contributed by atoms with E-state index in [-0.39, 0.29) is 17.1 Å². The molecule has 12 atom stereocenters. The van der Waals surface area contributed by atoms with Gasteiger partial charge in [-0.1, -0.05) is 71.9 Å². The van der Waals surface area contributed by atoms with E-state index < -0.39 is 135 Å². The number of allylic oxidation sites excluding steroid dienone is 12. The Morgan fingerprint density at radius 1 is 0.855 bits per heavy atom. The van der Waals surface area contributed by atoms with Gasteiger partial charge in [0, 0.05) is 24.5 Å². The molecule has 0 radical (unpaired) electrons. The van der Waals surface area contributed by atoms with Crippen molar-refractivity contribution in [1.29, 1.82) is 0 Å². The average molecular weight is 975 g/mol. The van der Waals surface area contributed by atoms with Crippen LogP contribution in [0.15, 0.2) is 108 Å². The van der Waals surface area contributed by atoms with E-state index >= 15 is 0 Å². The number of benzene rings is 1. The summed E-state index contributed by atoms with van der Waals surface area (Å²) in [5, 5.41) is 109. The van der Waals surface area contributed by atoms with E-state index in [0.29, 0.717) is 5.56 Å². The molecule has 3 aliphatic rings. The Bertz CT molecular complexity index is 2220. The summed E-state index contributed by atoms with van der Waals surface area (Å²) in [6.07, 6.45) is -2.06. The Morgan fingerprint density at radius 3 is 2.13 bits per heavy atom. The topological polar surface area (TPSA) is 355 Å². The molecule has 2 heterocycles. The van der Waals surface area contributed by atoms with Crippen LogP contribution in [-0.2, 0) is 52.3 Å². The summed E-state index contributed by atoms with van der Waals surface area (Å²) in [7, 11) is 0. The lowest BCUT2D eigenvalue weighted by molar-refractivity contribution is -0.319. The molecule has 22 heteroatoms.